The van der Waals surface area contributed by atoms with Gasteiger partial charge in [-0.05, 0) is 5.92 Å². The van der Waals surface area contributed by atoms with Crippen molar-refractivity contribution in [3.05, 3.63) is 0 Å². The molecule has 1 heterocycles. The van der Waals surface area contributed by atoms with Gasteiger partial charge in [-0.1, -0.05) is 26.7 Å². The fraction of sp³-hybridized carbons (Fsp3) is 0.917. The normalized spacial score (nSPS) is 21.1. The van der Waals surface area contributed by atoms with Gasteiger partial charge in [0.1, 0.15) is 0 Å². The molecule has 0 spiro atoms. The molecule has 2 N–H and O–H groups in total. The number of carbonyl (C=O) groups excluding carboxylic acids is 1. The van der Waals surface area contributed by atoms with Crippen LogP contribution >= 0.6 is 0 Å². The van der Waals surface area contributed by atoms with E-state index in [0.29, 0.717) is 18.9 Å². The molecule has 4 heteroatoms. The molecule has 1 rings (SSSR count). The molecule has 1 atom stereocenters. The van der Waals surface area contributed by atoms with Crippen molar-refractivity contribution in [3.8, 4) is 0 Å². The molecule has 0 bridgehead atoms. The first kappa shape index (κ1) is 13.5. The zero-order valence-corrected chi connectivity index (χ0v) is 10.4. The number of carbonyl (C=O) groups is 1. The molecule has 1 aliphatic rings. The van der Waals surface area contributed by atoms with Crippen molar-refractivity contribution in [1.29, 1.82) is 0 Å². The van der Waals surface area contributed by atoms with E-state index in [1.807, 2.05) is 0 Å². The maximum absolute atomic E-state index is 11.6. The Balaban J connectivity index is 2.14. The van der Waals surface area contributed by atoms with Crippen LogP contribution in [0.1, 0.15) is 33.1 Å². The van der Waals surface area contributed by atoms with E-state index in [9.17, 15) is 4.79 Å². The van der Waals surface area contributed by atoms with Crippen LogP contribution in [0.15, 0.2) is 0 Å². The summed E-state index contributed by atoms with van der Waals surface area (Å²) in [5.41, 5.74) is 0. The molecule has 4 nitrogen and oxygen atoms in total. The lowest BCUT2D eigenvalue weighted by atomic mass is 10.0. The minimum Gasteiger partial charge on any atom is -0.378 e. The second-order valence-electron chi connectivity index (χ2n) is 4.42. The van der Waals surface area contributed by atoms with Gasteiger partial charge in [0.15, 0.2) is 0 Å². The SMILES string of the molecule is CCC(CC)CNC(=O)CC1COCCN1. The van der Waals surface area contributed by atoms with E-state index in [2.05, 4.69) is 24.5 Å². The topological polar surface area (TPSA) is 50.4 Å². The Morgan fingerprint density at radius 3 is 2.81 bits per heavy atom. The zero-order valence-electron chi connectivity index (χ0n) is 10.4. The second-order valence-corrected chi connectivity index (χ2v) is 4.42. The number of morpholine rings is 1. The lowest BCUT2D eigenvalue weighted by Crippen LogP contribution is -2.44. The first-order valence-electron chi connectivity index (χ1n) is 6.34. The van der Waals surface area contributed by atoms with Crippen molar-refractivity contribution < 1.29 is 9.53 Å². The van der Waals surface area contributed by atoms with Gasteiger partial charge in [0.2, 0.25) is 5.91 Å². The van der Waals surface area contributed by atoms with E-state index >= 15 is 0 Å². The predicted octanol–water partition coefficient (Wildman–Crippen LogP) is 0.917. The standard InChI is InChI=1S/C12H24N2O2/c1-3-10(4-2)8-14-12(15)7-11-9-16-6-5-13-11/h10-11,13H,3-9H2,1-2H3,(H,14,15). The summed E-state index contributed by atoms with van der Waals surface area (Å²) in [7, 11) is 0. The number of nitrogens with one attached hydrogen (secondary N) is 2. The quantitative estimate of drug-likeness (QED) is 0.710. The molecule has 0 aromatic carbocycles. The summed E-state index contributed by atoms with van der Waals surface area (Å²) in [6.45, 7) is 7.39. The Morgan fingerprint density at radius 1 is 1.50 bits per heavy atom. The Labute approximate surface area is 98.1 Å². The van der Waals surface area contributed by atoms with E-state index in [1.165, 1.54) is 0 Å². The molecule has 0 aromatic heterocycles. The number of hydrogen-bond acceptors (Lipinski definition) is 3. The van der Waals surface area contributed by atoms with Gasteiger partial charge in [-0.15, -0.1) is 0 Å². The Bertz CT molecular complexity index is 199. The van der Waals surface area contributed by atoms with Crippen LogP contribution in [-0.2, 0) is 9.53 Å². The van der Waals surface area contributed by atoms with E-state index in [4.69, 9.17) is 4.74 Å². The number of rotatable bonds is 6. The first-order chi connectivity index (χ1) is 7.76. The van der Waals surface area contributed by atoms with Gasteiger partial charge in [-0.2, -0.15) is 0 Å². The zero-order chi connectivity index (χ0) is 11.8. The van der Waals surface area contributed by atoms with Gasteiger partial charge in [-0.25, -0.2) is 0 Å². The van der Waals surface area contributed by atoms with Gasteiger partial charge in [-0.3, -0.25) is 4.79 Å². The minimum atomic E-state index is 0.134. The summed E-state index contributed by atoms with van der Waals surface area (Å²) < 4.78 is 5.31. The Kier molecular flexibility index (Phi) is 6.42. The summed E-state index contributed by atoms with van der Waals surface area (Å²) >= 11 is 0. The lowest BCUT2D eigenvalue weighted by Gasteiger charge is -2.23. The largest absolute Gasteiger partial charge is 0.378 e. The van der Waals surface area contributed by atoms with Crippen LogP contribution in [0.3, 0.4) is 0 Å². The van der Waals surface area contributed by atoms with Crippen LogP contribution in [-0.4, -0.2) is 38.3 Å². The van der Waals surface area contributed by atoms with E-state index in [1.54, 1.807) is 0 Å². The Hall–Kier alpha value is -0.610. The molecule has 1 fully saturated rings. The molecule has 0 radical (unpaired) electrons. The number of amides is 1. The second kappa shape index (κ2) is 7.63. The number of ether oxygens (including phenoxy) is 1. The molecular formula is C12H24N2O2. The van der Waals surface area contributed by atoms with Crippen LogP contribution in [0.4, 0.5) is 0 Å². The third-order valence-corrected chi connectivity index (χ3v) is 3.17. The summed E-state index contributed by atoms with van der Waals surface area (Å²) in [5, 5.41) is 6.28. The highest BCUT2D eigenvalue weighted by Gasteiger charge is 2.16. The highest BCUT2D eigenvalue weighted by atomic mass is 16.5. The van der Waals surface area contributed by atoms with Crippen molar-refractivity contribution in [2.75, 3.05) is 26.3 Å². The first-order valence-corrected chi connectivity index (χ1v) is 6.34. The van der Waals surface area contributed by atoms with E-state index in [-0.39, 0.29) is 11.9 Å². The van der Waals surface area contributed by atoms with E-state index in [0.717, 1.165) is 32.5 Å². The van der Waals surface area contributed by atoms with Crippen LogP contribution in [0, 0.1) is 5.92 Å². The molecule has 1 amide bonds. The maximum atomic E-state index is 11.6. The maximum Gasteiger partial charge on any atom is 0.221 e. The van der Waals surface area contributed by atoms with Gasteiger partial charge < -0.3 is 15.4 Å². The van der Waals surface area contributed by atoms with Crippen molar-refractivity contribution >= 4 is 5.91 Å². The van der Waals surface area contributed by atoms with Crippen LogP contribution in [0.25, 0.3) is 0 Å². The third-order valence-electron chi connectivity index (χ3n) is 3.17. The molecule has 1 saturated heterocycles. The van der Waals surface area contributed by atoms with Crippen molar-refractivity contribution in [1.82, 2.24) is 10.6 Å². The number of hydrogen-bond donors (Lipinski definition) is 2. The highest BCUT2D eigenvalue weighted by molar-refractivity contribution is 5.76. The minimum absolute atomic E-state index is 0.134. The molecular weight excluding hydrogens is 204 g/mol. The summed E-state index contributed by atoms with van der Waals surface area (Å²) in [5.74, 6) is 0.745. The van der Waals surface area contributed by atoms with E-state index < -0.39 is 0 Å². The summed E-state index contributed by atoms with van der Waals surface area (Å²) in [4.78, 5) is 11.6. The van der Waals surface area contributed by atoms with Crippen molar-refractivity contribution in [2.24, 2.45) is 5.92 Å². The molecule has 16 heavy (non-hydrogen) atoms. The molecule has 1 unspecified atom stereocenters. The van der Waals surface area contributed by atoms with Crippen LogP contribution in [0.5, 0.6) is 0 Å². The summed E-state index contributed by atoms with van der Waals surface area (Å²) in [6, 6.07) is 0.190. The molecule has 0 aromatic rings. The molecule has 0 saturated carbocycles. The molecule has 94 valence electrons. The average Bonchev–Trinajstić information content (AvgIpc) is 2.31. The summed E-state index contributed by atoms with van der Waals surface area (Å²) in [6.07, 6.45) is 2.78. The highest BCUT2D eigenvalue weighted by Crippen LogP contribution is 2.05. The smallest absolute Gasteiger partial charge is 0.221 e. The molecule has 1 aliphatic heterocycles. The fourth-order valence-electron chi connectivity index (χ4n) is 1.88. The third kappa shape index (κ3) is 4.94. The fourth-order valence-corrected chi connectivity index (χ4v) is 1.88. The monoisotopic (exact) mass is 228 g/mol. The predicted molar refractivity (Wildman–Crippen MR) is 64.3 cm³/mol. The van der Waals surface area contributed by atoms with Gasteiger partial charge >= 0.3 is 0 Å². The average molecular weight is 228 g/mol. The van der Waals surface area contributed by atoms with Crippen molar-refractivity contribution in [2.45, 2.75) is 39.2 Å². The lowest BCUT2D eigenvalue weighted by molar-refractivity contribution is -0.122. The van der Waals surface area contributed by atoms with Crippen LogP contribution in [0.2, 0.25) is 0 Å². The van der Waals surface area contributed by atoms with Crippen molar-refractivity contribution in [3.63, 3.8) is 0 Å². The molecule has 0 aliphatic carbocycles. The van der Waals surface area contributed by atoms with Gasteiger partial charge in [0, 0.05) is 25.6 Å². The Morgan fingerprint density at radius 2 is 2.25 bits per heavy atom. The van der Waals surface area contributed by atoms with Gasteiger partial charge in [0.05, 0.1) is 13.2 Å². The van der Waals surface area contributed by atoms with Crippen LogP contribution < -0.4 is 10.6 Å². The van der Waals surface area contributed by atoms with Gasteiger partial charge in [0.25, 0.3) is 0 Å².